The minimum absolute atomic E-state index is 0.0782. The third-order valence-electron chi connectivity index (χ3n) is 5.78. The molecule has 2 aromatic rings. The molecule has 1 aliphatic carbocycles. The Labute approximate surface area is 226 Å². The SMILES string of the molecule is CCC(=O)N(Cc1ccccc1)c1ccc(OC2=CC=C(OCCCCNC(=O)OC(C)(C)C)CC2)cc1. The van der Waals surface area contributed by atoms with Gasteiger partial charge in [-0.15, -0.1) is 0 Å². The summed E-state index contributed by atoms with van der Waals surface area (Å²) in [5.74, 6) is 2.62. The zero-order valence-corrected chi connectivity index (χ0v) is 23.0. The van der Waals surface area contributed by atoms with Crippen molar-refractivity contribution < 1.29 is 23.8 Å². The Kier molecular flexibility index (Phi) is 10.8. The third-order valence-corrected chi connectivity index (χ3v) is 5.78. The van der Waals surface area contributed by atoms with E-state index in [0.717, 1.165) is 54.2 Å². The smallest absolute Gasteiger partial charge is 0.407 e. The van der Waals surface area contributed by atoms with Gasteiger partial charge in [-0.2, -0.15) is 0 Å². The molecule has 0 saturated carbocycles. The van der Waals surface area contributed by atoms with Gasteiger partial charge in [0.15, 0.2) is 0 Å². The fraction of sp³-hybridized carbons (Fsp3) is 0.419. The second kappa shape index (κ2) is 14.3. The summed E-state index contributed by atoms with van der Waals surface area (Å²) in [5, 5.41) is 2.76. The van der Waals surface area contributed by atoms with Gasteiger partial charge in [-0.05, 0) is 75.6 Å². The number of hydrogen-bond acceptors (Lipinski definition) is 5. The van der Waals surface area contributed by atoms with Crippen molar-refractivity contribution in [3.05, 3.63) is 83.8 Å². The van der Waals surface area contributed by atoms with Gasteiger partial charge in [0.2, 0.25) is 5.91 Å². The van der Waals surface area contributed by atoms with Gasteiger partial charge in [-0.25, -0.2) is 4.79 Å². The Hall–Kier alpha value is -3.74. The summed E-state index contributed by atoms with van der Waals surface area (Å²) in [6.07, 6.45) is 7.13. The van der Waals surface area contributed by atoms with Crippen LogP contribution in [0, 0.1) is 0 Å². The van der Waals surface area contributed by atoms with Gasteiger partial charge in [0.25, 0.3) is 0 Å². The van der Waals surface area contributed by atoms with Crippen LogP contribution in [0.5, 0.6) is 5.75 Å². The molecule has 0 atom stereocenters. The van der Waals surface area contributed by atoms with E-state index in [1.54, 1.807) is 4.90 Å². The van der Waals surface area contributed by atoms with Crippen molar-refractivity contribution in [1.82, 2.24) is 5.32 Å². The average molecular weight is 521 g/mol. The molecule has 0 bridgehead atoms. The highest BCUT2D eigenvalue weighted by atomic mass is 16.6. The zero-order chi connectivity index (χ0) is 27.4. The monoisotopic (exact) mass is 520 g/mol. The molecule has 0 unspecified atom stereocenters. The van der Waals surface area contributed by atoms with Gasteiger partial charge >= 0.3 is 6.09 Å². The lowest BCUT2D eigenvalue weighted by atomic mass is 10.1. The number of hydrogen-bond donors (Lipinski definition) is 1. The third kappa shape index (κ3) is 9.96. The number of ether oxygens (including phenoxy) is 3. The van der Waals surface area contributed by atoms with Crippen LogP contribution >= 0.6 is 0 Å². The molecular formula is C31H40N2O5. The van der Waals surface area contributed by atoms with Gasteiger partial charge in [0, 0.05) is 31.5 Å². The molecule has 0 radical (unpaired) electrons. The van der Waals surface area contributed by atoms with E-state index in [-0.39, 0.29) is 12.0 Å². The van der Waals surface area contributed by atoms with Gasteiger partial charge in [0.05, 0.1) is 18.9 Å². The van der Waals surface area contributed by atoms with Crippen LogP contribution in [0.1, 0.15) is 65.4 Å². The van der Waals surface area contributed by atoms with Crippen LogP contribution in [0.15, 0.2) is 78.3 Å². The number of benzene rings is 2. The molecule has 0 heterocycles. The number of nitrogens with zero attached hydrogens (tertiary/aromatic N) is 1. The number of allylic oxidation sites excluding steroid dienone is 4. The average Bonchev–Trinajstić information content (AvgIpc) is 2.90. The molecule has 0 fully saturated rings. The predicted molar refractivity (Wildman–Crippen MR) is 150 cm³/mol. The van der Waals surface area contributed by atoms with Crippen molar-refractivity contribution in [2.45, 2.75) is 71.9 Å². The number of carbonyl (C=O) groups is 2. The summed E-state index contributed by atoms with van der Waals surface area (Å²) < 4.78 is 17.2. The standard InChI is InChI=1S/C31H40N2O5/c1-5-29(34)33(23-24-11-7-6-8-12-24)25-13-15-27(16-14-25)37-28-19-17-26(18-20-28)36-22-10-9-21-32-30(35)38-31(2,3)4/h6-8,11-17,19H,5,9-10,18,20-23H2,1-4H3,(H,32,35). The molecule has 204 valence electrons. The number of nitrogens with one attached hydrogen (secondary N) is 1. The van der Waals surface area contributed by atoms with E-state index >= 15 is 0 Å². The van der Waals surface area contributed by atoms with Crippen molar-refractivity contribution in [1.29, 1.82) is 0 Å². The maximum Gasteiger partial charge on any atom is 0.407 e. The van der Waals surface area contributed by atoms with E-state index in [1.165, 1.54) is 0 Å². The highest BCUT2D eigenvalue weighted by molar-refractivity contribution is 5.93. The first-order chi connectivity index (χ1) is 18.2. The fourth-order valence-corrected chi connectivity index (χ4v) is 3.87. The molecule has 38 heavy (non-hydrogen) atoms. The first-order valence-corrected chi connectivity index (χ1v) is 13.3. The van der Waals surface area contributed by atoms with Gasteiger partial charge < -0.3 is 24.4 Å². The maximum atomic E-state index is 12.6. The number of anilines is 1. The number of unbranched alkanes of at least 4 members (excludes halogenated alkanes) is 1. The largest absolute Gasteiger partial charge is 0.498 e. The molecular weight excluding hydrogens is 480 g/mol. The van der Waals surface area contributed by atoms with E-state index in [0.29, 0.717) is 26.1 Å². The van der Waals surface area contributed by atoms with Crippen LogP contribution in [0.2, 0.25) is 0 Å². The summed E-state index contributed by atoms with van der Waals surface area (Å²) in [6.45, 7) is 9.11. The predicted octanol–water partition coefficient (Wildman–Crippen LogP) is 6.89. The Morgan fingerprint density at radius 2 is 1.61 bits per heavy atom. The van der Waals surface area contributed by atoms with Crippen molar-refractivity contribution >= 4 is 17.7 Å². The van der Waals surface area contributed by atoms with Crippen molar-refractivity contribution in [2.75, 3.05) is 18.1 Å². The normalized spacial score (nSPS) is 13.2. The van der Waals surface area contributed by atoms with Gasteiger partial charge in [-0.3, -0.25) is 4.79 Å². The number of amides is 2. The molecule has 0 saturated heterocycles. The number of rotatable bonds is 12. The van der Waals surface area contributed by atoms with E-state index in [1.807, 2.05) is 94.4 Å². The Balaban J connectivity index is 1.43. The molecule has 2 amide bonds. The summed E-state index contributed by atoms with van der Waals surface area (Å²) in [4.78, 5) is 26.0. The summed E-state index contributed by atoms with van der Waals surface area (Å²) in [6, 6.07) is 17.6. The number of carbonyl (C=O) groups excluding carboxylic acids is 2. The van der Waals surface area contributed by atoms with Crippen LogP contribution < -0.4 is 15.0 Å². The van der Waals surface area contributed by atoms with Crippen molar-refractivity contribution in [3.63, 3.8) is 0 Å². The lowest BCUT2D eigenvalue weighted by molar-refractivity contribution is -0.118. The molecule has 1 aliphatic rings. The minimum Gasteiger partial charge on any atom is -0.498 e. The van der Waals surface area contributed by atoms with Crippen LogP contribution in [-0.2, 0) is 20.8 Å². The molecule has 7 nitrogen and oxygen atoms in total. The number of alkyl carbamates (subject to hydrolysis) is 1. The second-order valence-electron chi connectivity index (χ2n) is 10.2. The van der Waals surface area contributed by atoms with Gasteiger partial charge in [0.1, 0.15) is 17.1 Å². The lowest BCUT2D eigenvalue weighted by Gasteiger charge is -2.23. The first-order valence-electron chi connectivity index (χ1n) is 13.3. The fourth-order valence-electron chi connectivity index (χ4n) is 3.87. The molecule has 0 aliphatic heterocycles. The summed E-state index contributed by atoms with van der Waals surface area (Å²) >= 11 is 0. The second-order valence-corrected chi connectivity index (χ2v) is 10.2. The zero-order valence-electron chi connectivity index (χ0n) is 23.0. The maximum absolute atomic E-state index is 12.6. The molecule has 2 aromatic carbocycles. The first kappa shape index (κ1) is 28.8. The van der Waals surface area contributed by atoms with Crippen LogP contribution in [0.4, 0.5) is 10.5 Å². The highest BCUT2D eigenvalue weighted by Gasteiger charge is 2.16. The minimum atomic E-state index is -0.487. The van der Waals surface area contributed by atoms with Gasteiger partial charge in [-0.1, -0.05) is 37.3 Å². The molecule has 3 rings (SSSR count). The van der Waals surface area contributed by atoms with Crippen LogP contribution in [0.25, 0.3) is 0 Å². The van der Waals surface area contributed by atoms with Crippen molar-refractivity contribution in [2.24, 2.45) is 0 Å². The van der Waals surface area contributed by atoms with Crippen molar-refractivity contribution in [3.8, 4) is 5.75 Å². The van der Waals surface area contributed by atoms with Crippen LogP contribution in [-0.4, -0.2) is 30.8 Å². The molecule has 0 aromatic heterocycles. The Bertz CT molecular complexity index is 1100. The van der Waals surface area contributed by atoms with Crippen LogP contribution in [0.3, 0.4) is 0 Å². The van der Waals surface area contributed by atoms with E-state index in [4.69, 9.17) is 14.2 Å². The Morgan fingerprint density at radius 1 is 0.921 bits per heavy atom. The molecule has 1 N–H and O–H groups in total. The summed E-state index contributed by atoms with van der Waals surface area (Å²) in [5.41, 5.74) is 1.45. The molecule has 0 spiro atoms. The quantitative estimate of drug-likeness (QED) is 0.308. The van der Waals surface area contributed by atoms with E-state index < -0.39 is 5.60 Å². The summed E-state index contributed by atoms with van der Waals surface area (Å²) in [7, 11) is 0. The topological polar surface area (TPSA) is 77.1 Å². The Morgan fingerprint density at radius 3 is 2.24 bits per heavy atom. The molecule has 7 heteroatoms. The lowest BCUT2D eigenvalue weighted by Crippen LogP contribution is -2.33. The van der Waals surface area contributed by atoms with E-state index in [2.05, 4.69) is 5.32 Å². The highest BCUT2D eigenvalue weighted by Crippen LogP contribution is 2.26. The van der Waals surface area contributed by atoms with E-state index in [9.17, 15) is 9.59 Å².